The van der Waals surface area contributed by atoms with E-state index in [1.54, 1.807) is 49.5 Å². The predicted octanol–water partition coefficient (Wildman–Crippen LogP) is 4.16. The van der Waals surface area contributed by atoms with Crippen LogP contribution < -0.4 is 5.73 Å². The van der Waals surface area contributed by atoms with E-state index >= 15 is 0 Å². The van der Waals surface area contributed by atoms with E-state index in [4.69, 9.17) is 5.73 Å². The number of nitrogens with two attached hydrogens (primary N) is 1. The second-order valence-electron chi connectivity index (χ2n) is 6.26. The zero-order chi connectivity index (χ0) is 19.8. The average Bonchev–Trinajstić information content (AvgIpc) is 3.06. The van der Waals surface area contributed by atoms with E-state index in [-0.39, 0.29) is 11.5 Å². The molecular weight excluding hydrogens is 362 g/mol. The van der Waals surface area contributed by atoms with Gasteiger partial charge in [0, 0.05) is 17.5 Å². The normalized spacial score (nSPS) is 11.1. The van der Waals surface area contributed by atoms with Crippen molar-refractivity contribution in [3.8, 4) is 28.5 Å². The first kappa shape index (κ1) is 17.5. The van der Waals surface area contributed by atoms with Crippen molar-refractivity contribution in [2.45, 2.75) is 13.3 Å². The van der Waals surface area contributed by atoms with Crippen molar-refractivity contribution in [3.05, 3.63) is 65.6 Å². The molecule has 0 saturated carbocycles. The molecule has 0 aliphatic rings. The zero-order valence-corrected chi connectivity index (χ0v) is 14.8. The standard InChI is InChI=1S/C20H14F2N6/c1-11-7-14(9-15(25-11)19(21)22)17-18(13-4-2-3-12(8-13)10-23)27-28-6-5-16(24)26-20(17)28/h2-9,19H,1H3,(H2,24,26). The molecule has 3 heterocycles. The van der Waals surface area contributed by atoms with Gasteiger partial charge in [-0.15, -0.1) is 0 Å². The van der Waals surface area contributed by atoms with Crippen LogP contribution in [0.25, 0.3) is 28.0 Å². The molecule has 4 aromatic rings. The number of fused-ring (bicyclic) bond motifs is 1. The molecule has 0 fully saturated rings. The van der Waals surface area contributed by atoms with Crippen LogP contribution in [0.2, 0.25) is 0 Å². The summed E-state index contributed by atoms with van der Waals surface area (Å²) in [6.45, 7) is 1.65. The van der Waals surface area contributed by atoms with Crippen molar-refractivity contribution in [2.75, 3.05) is 5.73 Å². The number of nitrogen functional groups attached to an aromatic ring is 1. The van der Waals surface area contributed by atoms with Crippen LogP contribution in [0, 0.1) is 18.3 Å². The summed E-state index contributed by atoms with van der Waals surface area (Å²) in [6.07, 6.45) is -1.05. The minimum absolute atomic E-state index is 0.283. The topological polar surface area (TPSA) is 92.9 Å². The number of nitriles is 1. The molecule has 3 aromatic heterocycles. The Bertz CT molecular complexity index is 1240. The van der Waals surface area contributed by atoms with E-state index in [9.17, 15) is 14.0 Å². The van der Waals surface area contributed by atoms with E-state index in [1.165, 1.54) is 10.6 Å². The van der Waals surface area contributed by atoms with Crippen LogP contribution in [0.5, 0.6) is 0 Å². The molecule has 138 valence electrons. The van der Waals surface area contributed by atoms with Gasteiger partial charge in [-0.25, -0.2) is 18.3 Å². The Balaban J connectivity index is 2.06. The predicted molar refractivity (Wildman–Crippen MR) is 100 cm³/mol. The SMILES string of the molecule is Cc1cc(-c2c(-c3cccc(C#N)c3)nn3ccc(N)nc23)cc(C(F)F)n1. The number of benzene rings is 1. The first-order chi connectivity index (χ1) is 13.5. The van der Waals surface area contributed by atoms with E-state index in [1.807, 2.05) is 0 Å². The molecule has 0 spiro atoms. The van der Waals surface area contributed by atoms with Gasteiger partial charge in [0.25, 0.3) is 6.43 Å². The van der Waals surface area contributed by atoms with Crippen LogP contribution in [-0.4, -0.2) is 19.6 Å². The lowest BCUT2D eigenvalue weighted by atomic mass is 9.99. The summed E-state index contributed by atoms with van der Waals surface area (Å²) < 4.78 is 28.2. The van der Waals surface area contributed by atoms with Crippen LogP contribution in [0.3, 0.4) is 0 Å². The van der Waals surface area contributed by atoms with Gasteiger partial charge < -0.3 is 5.73 Å². The fourth-order valence-electron chi connectivity index (χ4n) is 3.10. The van der Waals surface area contributed by atoms with Crippen LogP contribution >= 0.6 is 0 Å². The molecule has 8 heteroatoms. The highest BCUT2D eigenvalue weighted by Gasteiger charge is 2.21. The van der Waals surface area contributed by atoms with E-state index < -0.39 is 6.43 Å². The number of aromatic nitrogens is 4. The van der Waals surface area contributed by atoms with E-state index in [2.05, 4.69) is 21.1 Å². The van der Waals surface area contributed by atoms with Gasteiger partial charge in [-0.05, 0) is 42.8 Å². The fourth-order valence-corrected chi connectivity index (χ4v) is 3.10. The molecule has 0 aliphatic carbocycles. The summed E-state index contributed by atoms with van der Waals surface area (Å²) in [7, 11) is 0. The lowest BCUT2D eigenvalue weighted by molar-refractivity contribution is 0.146. The maximum absolute atomic E-state index is 13.3. The van der Waals surface area contributed by atoms with Crippen LogP contribution in [0.1, 0.15) is 23.4 Å². The maximum Gasteiger partial charge on any atom is 0.280 e. The lowest BCUT2D eigenvalue weighted by Gasteiger charge is -2.08. The third kappa shape index (κ3) is 3.03. The van der Waals surface area contributed by atoms with Crippen molar-refractivity contribution in [3.63, 3.8) is 0 Å². The highest BCUT2D eigenvalue weighted by molar-refractivity contribution is 5.91. The largest absolute Gasteiger partial charge is 0.384 e. The van der Waals surface area contributed by atoms with Crippen molar-refractivity contribution < 1.29 is 8.78 Å². The van der Waals surface area contributed by atoms with Crippen LogP contribution in [0.4, 0.5) is 14.6 Å². The van der Waals surface area contributed by atoms with Gasteiger partial charge >= 0.3 is 0 Å². The quantitative estimate of drug-likeness (QED) is 0.580. The minimum Gasteiger partial charge on any atom is -0.384 e. The van der Waals surface area contributed by atoms with Gasteiger partial charge in [0.1, 0.15) is 17.2 Å². The number of hydrogen-bond acceptors (Lipinski definition) is 5. The summed E-state index contributed by atoms with van der Waals surface area (Å²) in [5.41, 5.74) is 9.12. The number of nitrogens with zero attached hydrogens (tertiary/aromatic N) is 5. The Morgan fingerprint density at radius 3 is 2.68 bits per heavy atom. The van der Waals surface area contributed by atoms with Crippen LogP contribution in [0.15, 0.2) is 48.7 Å². The summed E-state index contributed by atoms with van der Waals surface area (Å²) in [5.74, 6) is 0.283. The summed E-state index contributed by atoms with van der Waals surface area (Å²) in [4.78, 5) is 8.26. The average molecular weight is 376 g/mol. The molecule has 0 aliphatic heterocycles. The van der Waals surface area contributed by atoms with Gasteiger partial charge in [0.05, 0.1) is 17.2 Å². The summed E-state index contributed by atoms with van der Waals surface area (Å²) in [5, 5.41) is 13.8. The number of halogens is 2. The van der Waals surface area contributed by atoms with Gasteiger partial charge in [-0.2, -0.15) is 10.4 Å². The van der Waals surface area contributed by atoms with E-state index in [0.717, 1.165) is 0 Å². The van der Waals surface area contributed by atoms with Crippen LogP contribution in [-0.2, 0) is 0 Å². The first-order valence-electron chi connectivity index (χ1n) is 8.39. The first-order valence-corrected chi connectivity index (χ1v) is 8.39. The van der Waals surface area contributed by atoms with Gasteiger partial charge in [-0.1, -0.05) is 12.1 Å². The van der Waals surface area contributed by atoms with Crippen molar-refractivity contribution in [1.82, 2.24) is 19.6 Å². The Labute approximate surface area is 158 Å². The Morgan fingerprint density at radius 1 is 1.11 bits per heavy atom. The third-order valence-electron chi connectivity index (χ3n) is 4.26. The fraction of sp³-hybridized carbons (Fsp3) is 0.100. The van der Waals surface area contributed by atoms with Gasteiger partial charge in [0.15, 0.2) is 5.65 Å². The van der Waals surface area contributed by atoms with Gasteiger partial charge in [-0.3, -0.25) is 4.98 Å². The Morgan fingerprint density at radius 2 is 1.93 bits per heavy atom. The molecular formula is C20H14F2N6. The second kappa shape index (κ2) is 6.70. The minimum atomic E-state index is -2.70. The highest BCUT2D eigenvalue weighted by atomic mass is 19.3. The molecule has 0 saturated heterocycles. The molecule has 0 bridgehead atoms. The maximum atomic E-state index is 13.3. The number of anilines is 1. The molecule has 6 nitrogen and oxygen atoms in total. The van der Waals surface area contributed by atoms with Gasteiger partial charge in [0.2, 0.25) is 0 Å². The monoisotopic (exact) mass is 376 g/mol. The van der Waals surface area contributed by atoms with E-state index in [0.29, 0.717) is 39.3 Å². The number of alkyl halides is 2. The number of rotatable bonds is 3. The number of hydrogen-bond donors (Lipinski definition) is 1. The molecule has 4 rings (SSSR count). The summed E-state index contributed by atoms with van der Waals surface area (Å²) in [6, 6.07) is 13.6. The smallest absolute Gasteiger partial charge is 0.280 e. The lowest BCUT2D eigenvalue weighted by Crippen LogP contribution is -1.97. The Kier molecular flexibility index (Phi) is 4.20. The molecule has 28 heavy (non-hydrogen) atoms. The highest BCUT2D eigenvalue weighted by Crippen LogP contribution is 2.36. The molecule has 0 atom stereocenters. The second-order valence-corrected chi connectivity index (χ2v) is 6.26. The number of aryl methyl sites for hydroxylation is 1. The molecule has 2 N–H and O–H groups in total. The molecule has 0 unspecified atom stereocenters. The number of pyridine rings is 1. The van der Waals surface area contributed by atoms with Crippen molar-refractivity contribution in [2.24, 2.45) is 0 Å². The molecule has 0 radical (unpaired) electrons. The van der Waals surface area contributed by atoms with Crippen molar-refractivity contribution >= 4 is 11.5 Å². The molecule has 0 amide bonds. The zero-order valence-electron chi connectivity index (χ0n) is 14.8. The van der Waals surface area contributed by atoms with Crippen molar-refractivity contribution in [1.29, 1.82) is 5.26 Å². The third-order valence-corrected chi connectivity index (χ3v) is 4.26. The Hall–Kier alpha value is -3.86. The summed E-state index contributed by atoms with van der Waals surface area (Å²) >= 11 is 0. The molecule has 1 aromatic carbocycles.